The summed E-state index contributed by atoms with van der Waals surface area (Å²) in [6.45, 7) is 2.67. The van der Waals surface area contributed by atoms with Crippen molar-refractivity contribution in [2.75, 3.05) is 19.7 Å². The third kappa shape index (κ3) is 5.31. The van der Waals surface area contributed by atoms with E-state index in [-0.39, 0.29) is 5.91 Å². The lowest BCUT2D eigenvalue weighted by Gasteiger charge is -2.21. The fraction of sp³-hybridized carbons (Fsp3) is 0.450. The number of nitrogens with one attached hydrogen (secondary N) is 1. The van der Waals surface area contributed by atoms with Crippen molar-refractivity contribution >= 4 is 17.2 Å². The molecule has 134 valence electrons. The first-order valence-corrected chi connectivity index (χ1v) is 9.87. The summed E-state index contributed by atoms with van der Waals surface area (Å²) in [5.41, 5.74) is 6.37. The maximum Gasteiger partial charge on any atom is 0.258 e. The Morgan fingerprint density at radius 2 is 1.88 bits per heavy atom. The number of carbonyl (C=O) groups excluding carboxylic acids is 1. The summed E-state index contributed by atoms with van der Waals surface area (Å²) in [5.74, 6) is 1.34. The zero-order valence-corrected chi connectivity index (χ0v) is 15.3. The average molecular weight is 359 g/mol. The van der Waals surface area contributed by atoms with Gasteiger partial charge in [-0.2, -0.15) is 0 Å². The largest absolute Gasteiger partial charge is 0.492 e. The third-order valence-electron chi connectivity index (χ3n) is 4.69. The molecule has 0 radical (unpaired) electrons. The molecule has 25 heavy (non-hydrogen) atoms. The third-order valence-corrected chi connectivity index (χ3v) is 5.84. The van der Waals surface area contributed by atoms with Crippen LogP contribution in [-0.2, 0) is 0 Å². The fourth-order valence-corrected chi connectivity index (χ4v) is 4.14. The van der Waals surface area contributed by atoms with E-state index in [2.05, 4.69) is 5.32 Å². The van der Waals surface area contributed by atoms with Gasteiger partial charge in [0.15, 0.2) is 0 Å². The minimum Gasteiger partial charge on any atom is -0.492 e. The normalized spacial score (nSPS) is 15.2. The monoisotopic (exact) mass is 358 g/mol. The van der Waals surface area contributed by atoms with Gasteiger partial charge in [-0.1, -0.05) is 19.3 Å². The Morgan fingerprint density at radius 3 is 2.56 bits per heavy atom. The lowest BCUT2D eigenvalue weighted by atomic mass is 9.89. The Kier molecular flexibility index (Phi) is 6.48. The van der Waals surface area contributed by atoms with Crippen molar-refractivity contribution in [2.24, 2.45) is 11.7 Å². The molecule has 0 unspecified atom stereocenters. The number of rotatable bonds is 8. The first-order valence-electron chi connectivity index (χ1n) is 9.06. The predicted octanol–water partition coefficient (Wildman–Crippen LogP) is 4.06. The van der Waals surface area contributed by atoms with E-state index in [1.807, 2.05) is 30.3 Å². The van der Waals surface area contributed by atoms with E-state index in [9.17, 15) is 4.79 Å². The van der Waals surface area contributed by atoms with E-state index in [1.165, 1.54) is 43.4 Å². The van der Waals surface area contributed by atoms with Crippen molar-refractivity contribution < 1.29 is 9.53 Å². The van der Waals surface area contributed by atoms with Crippen LogP contribution in [0.4, 0.5) is 0 Å². The van der Waals surface area contributed by atoms with Crippen LogP contribution in [0.15, 0.2) is 36.4 Å². The van der Waals surface area contributed by atoms with E-state index in [0.29, 0.717) is 11.5 Å². The van der Waals surface area contributed by atoms with E-state index in [1.54, 1.807) is 6.07 Å². The maximum absolute atomic E-state index is 11.2. The Morgan fingerprint density at radius 1 is 1.12 bits per heavy atom. The molecule has 1 amide bonds. The number of carbonyl (C=O) groups is 1. The molecular weight excluding hydrogens is 332 g/mol. The second-order valence-corrected chi connectivity index (χ2v) is 7.69. The first kappa shape index (κ1) is 18.0. The number of ether oxygens (including phenoxy) is 1. The molecule has 0 bridgehead atoms. The molecule has 5 heteroatoms. The Balaban J connectivity index is 1.40. The van der Waals surface area contributed by atoms with Crippen LogP contribution in [0.25, 0.3) is 10.4 Å². The van der Waals surface area contributed by atoms with Gasteiger partial charge in [-0.3, -0.25) is 4.79 Å². The number of amides is 1. The predicted molar refractivity (Wildman–Crippen MR) is 103 cm³/mol. The number of primary amides is 1. The lowest BCUT2D eigenvalue weighted by molar-refractivity contribution is 0.100. The second kappa shape index (κ2) is 9.02. The van der Waals surface area contributed by atoms with Crippen molar-refractivity contribution in [3.8, 4) is 16.2 Å². The van der Waals surface area contributed by atoms with Gasteiger partial charge in [0.05, 0.1) is 4.88 Å². The van der Waals surface area contributed by atoms with Gasteiger partial charge in [0, 0.05) is 11.4 Å². The summed E-state index contributed by atoms with van der Waals surface area (Å²) in [5, 5.41) is 3.51. The number of hydrogen-bond donors (Lipinski definition) is 2. The molecule has 0 aliphatic heterocycles. The molecule has 0 atom stereocenters. The van der Waals surface area contributed by atoms with Gasteiger partial charge in [-0.15, -0.1) is 11.3 Å². The fourth-order valence-electron chi connectivity index (χ4n) is 3.28. The van der Waals surface area contributed by atoms with Crippen molar-refractivity contribution in [3.63, 3.8) is 0 Å². The van der Waals surface area contributed by atoms with Crippen molar-refractivity contribution in [1.82, 2.24) is 5.32 Å². The molecular formula is C20H26N2O2S. The highest BCUT2D eigenvalue weighted by molar-refractivity contribution is 7.17. The van der Waals surface area contributed by atoms with Gasteiger partial charge in [-0.25, -0.2) is 0 Å². The maximum atomic E-state index is 11.2. The second-order valence-electron chi connectivity index (χ2n) is 6.61. The van der Waals surface area contributed by atoms with E-state index in [0.717, 1.165) is 35.2 Å². The molecule has 0 spiro atoms. The summed E-state index contributed by atoms with van der Waals surface area (Å²) >= 11 is 1.41. The van der Waals surface area contributed by atoms with Crippen molar-refractivity contribution in [1.29, 1.82) is 0 Å². The quantitative estimate of drug-likeness (QED) is 0.699. The zero-order chi connectivity index (χ0) is 17.5. The van der Waals surface area contributed by atoms with Gasteiger partial charge < -0.3 is 15.8 Å². The van der Waals surface area contributed by atoms with Gasteiger partial charge in [0.1, 0.15) is 12.4 Å². The summed E-state index contributed by atoms with van der Waals surface area (Å²) in [6.07, 6.45) is 6.93. The van der Waals surface area contributed by atoms with E-state index < -0.39 is 0 Å². The highest BCUT2D eigenvalue weighted by Crippen LogP contribution is 2.29. The molecule has 1 aromatic heterocycles. The van der Waals surface area contributed by atoms with Crippen LogP contribution in [-0.4, -0.2) is 25.6 Å². The molecule has 1 heterocycles. The van der Waals surface area contributed by atoms with Gasteiger partial charge >= 0.3 is 0 Å². The Bertz CT molecular complexity index is 675. The van der Waals surface area contributed by atoms with Gasteiger partial charge in [0.25, 0.3) is 5.91 Å². The number of nitrogens with two attached hydrogens (primary N) is 1. The van der Waals surface area contributed by atoms with E-state index in [4.69, 9.17) is 10.5 Å². The van der Waals surface area contributed by atoms with Crippen LogP contribution in [0, 0.1) is 5.92 Å². The number of hydrogen-bond acceptors (Lipinski definition) is 4. The minimum atomic E-state index is -0.378. The SMILES string of the molecule is NC(=O)c1ccc(-c2ccc(OCCNCC3CCCCC3)cc2)s1. The molecule has 3 N–H and O–H groups in total. The molecule has 1 saturated carbocycles. The summed E-state index contributed by atoms with van der Waals surface area (Å²) in [4.78, 5) is 12.8. The number of benzene rings is 1. The van der Waals surface area contributed by atoms with Crippen LogP contribution in [0.5, 0.6) is 5.75 Å². The van der Waals surface area contributed by atoms with Crippen LogP contribution < -0.4 is 15.8 Å². The summed E-state index contributed by atoms with van der Waals surface area (Å²) in [6, 6.07) is 11.7. The van der Waals surface area contributed by atoms with E-state index >= 15 is 0 Å². The topological polar surface area (TPSA) is 64.4 Å². The van der Waals surface area contributed by atoms with Crippen LogP contribution in [0.3, 0.4) is 0 Å². The lowest BCUT2D eigenvalue weighted by Crippen LogP contribution is -2.28. The molecule has 1 aliphatic rings. The molecule has 1 fully saturated rings. The molecule has 2 aromatic rings. The molecule has 1 aromatic carbocycles. The standard InChI is InChI=1S/C20H26N2O2S/c21-20(23)19-11-10-18(25-19)16-6-8-17(9-7-16)24-13-12-22-14-15-4-2-1-3-5-15/h6-11,15,22H,1-5,12-14H2,(H2,21,23). The smallest absolute Gasteiger partial charge is 0.258 e. The summed E-state index contributed by atoms with van der Waals surface area (Å²) < 4.78 is 5.80. The highest BCUT2D eigenvalue weighted by Gasteiger charge is 2.12. The van der Waals surface area contributed by atoms with Crippen molar-refractivity contribution in [2.45, 2.75) is 32.1 Å². The van der Waals surface area contributed by atoms with Crippen molar-refractivity contribution in [3.05, 3.63) is 41.3 Å². The van der Waals surface area contributed by atoms with Gasteiger partial charge in [0.2, 0.25) is 0 Å². The molecule has 1 aliphatic carbocycles. The minimum absolute atomic E-state index is 0.378. The molecule has 4 nitrogen and oxygen atoms in total. The van der Waals surface area contributed by atoms with Crippen LogP contribution >= 0.6 is 11.3 Å². The van der Waals surface area contributed by atoms with Crippen LogP contribution in [0.1, 0.15) is 41.8 Å². The average Bonchev–Trinajstić information content (AvgIpc) is 3.13. The first-order chi connectivity index (χ1) is 12.2. The molecule has 3 rings (SSSR count). The Hall–Kier alpha value is -1.85. The van der Waals surface area contributed by atoms with Crippen LogP contribution in [0.2, 0.25) is 0 Å². The zero-order valence-electron chi connectivity index (χ0n) is 14.5. The summed E-state index contributed by atoms with van der Waals surface area (Å²) in [7, 11) is 0. The Labute approximate surface area is 153 Å². The number of thiophene rings is 1. The molecule has 0 saturated heterocycles. The highest BCUT2D eigenvalue weighted by atomic mass is 32.1. The van der Waals surface area contributed by atoms with Gasteiger partial charge in [-0.05, 0) is 67.3 Å².